The summed E-state index contributed by atoms with van der Waals surface area (Å²) in [5.41, 5.74) is 1.05. The van der Waals surface area contributed by atoms with Crippen molar-refractivity contribution in [3.05, 3.63) is 23.0 Å². The van der Waals surface area contributed by atoms with Crippen molar-refractivity contribution in [3.8, 4) is 5.75 Å². The molecule has 6 heteroatoms. The molecule has 3 nitrogen and oxygen atoms in total. The summed E-state index contributed by atoms with van der Waals surface area (Å²) in [6, 6.07) is 4.31. The lowest BCUT2D eigenvalue weighted by molar-refractivity contribution is -0.0497. The van der Waals surface area contributed by atoms with Gasteiger partial charge in [-0.3, -0.25) is 0 Å². The van der Waals surface area contributed by atoms with E-state index in [4.69, 9.17) is 16.6 Å². The summed E-state index contributed by atoms with van der Waals surface area (Å²) in [7, 11) is 0. The number of alkyl halides is 2. The maximum Gasteiger partial charge on any atom is 0.387 e. The largest absolute Gasteiger partial charge is 0.435 e. The highest BCUT2D eigenvalue weighted by Gasteiger charge is 2.06. The maximum absolute atomic E-state index is 11.8. The molecule has 0 radical (unpaired) electrons. The van der Waals surface area contributed by atoms with Gasteiger partial charge in [0.05, 0.1) is 5.52 Å². The molecule has 0 saturated carbocycles. The first-order valence-electron chi connectivity index (χ1n) is 3.73. The Labute approximate surface area is 82.3 Å². The number of aromatic nitrogens is 1. The fourth-order valence-electron chi connectivity index (χ4n) is 1.11. The highest BCUT2D eigenvalue weighted by molar-refractivity contribution is 7.71. The third kappa shape index (κ3) is 1.74. The van der Waals surface area contributed by atoms with E-state index in [0.29, 0.717) is 11.1 Å². The van der Waals surface area contributed by atoms with E-state index in [0.717, 1.165) is 0 Å². The van der Waals surface area contributed by atoms with Gasteiger partial charge in [0.25, 0.3) is 4.84 Å². The van der Waals surface area contributed by atoms with Gasteiger partial charge in [0.15, 0.2) is 5.58 Å². The summed E-state index contributed by atoms with van der Waals surface area (Å²) < 4.78 is 32.9. The molecule has 0 saturated heterocycles. The zero-order valence-electron chi connectivity index (χ0n) is 6.79. The Morgan fingerprint density at radius 3 is 2.93 bits per heavy atom. The smallest absolute Gasteiger partial charge is 0.387 e. The van der Waals surface area contributed by atoms with Gasteiger partial charge in [-0.05, 0) is 24.4 Å². The molecule has 1 aromatic carbocycles. The van der Waals surface area contributed by atoms with Crippen LogP contribution < -0.4 is 4.74 Å². The minimum atomic E-state index is -2.83. The van der Waals surface area contributed by atoms with Gasteiger partial charge in [-0.2, -0.15) is 8.78 Å². The highest BCUT2D eigenvalue weighted by atomic mass is 32.1. The number of fused-ring (bicyclic) bond motifs is 1. The van der Waals surface area contributed by atoms with Crippen LogP contribution in [-0.4, -0.2) is 11.6 Å². The Kier molecular flexibility index (Phi) is 2.20. The molecule has 0 bridgehead atoms. The summed E-state index contributed by atoms with van der Waals surface area (Å²) in [6.45, 7) is -2.83. The molecule has 1 aromatic heterocycles. The second-order valence-corrected chi connectivity index (χ2v) is 2.92. The Bertz CT molecular complexity index is 505. The van der Waals surface area contributed by atoms with E-state index in [2.05, 4.69) is 9.72 Å². The summed E-state index contributed by atoms with van der Waals surface area (Å²) in [4.78, 5) is 2.90. The Morgan fingerprint density at radius 1 is 1.43 bits per heavy atom. The number of aromatic amines is 1. The number of oxazole rings is 1. The van der Waals surface area contributed by atoms with Gasteiger partial charge in [-0.25, -0.2) is 0 Å². The molecular weight excluding hydrogens is 212 g/mol. The molecule has 0 amide bonds. The standard InChI is InChI=1S/C8H5F2NO2S/c9-7(10)12-4-1-2-6-5(3-4)11-8(14)13-6/h1-3,7H,(H,11,14). The molecule has 14 heavy (non-hydrogen) atoms. The minimum Gasteiger partial charge on any atom is -0.435 e. The number of nitrogens with one attached hydrogen (secondary N) is 1. The van der Waals surface area contributed by atoms with Crippen molar-refractivity contribution in [2.24, 2.45) is 0 Å². The van der Waals surface area contributed by atoms with E-state index in [1.54, 1.807) is 0 Å². The van der Waals surface area contributed by atoms with Crippen LogP contribution in [0.4, 0.5) is 8.78 Å². The third-order valence-corrected chi connectivity index (χ3v) is 1.80. The number of H-pyrrole nitrogens is 1. The molecule has 0 aliphatic rings. The molecule has 0 aliphatic heterocycles. The van der Waals surface area contributed by atoms with Crippen LogP contribution in [0.5, 0.6) is 5.75 Å². The Hall–Kier alpha value is -1.43. The Balaban J connectivity index is 2.45. The SMILES string of the molecule is FC(F)Oc1ccc2oc(=S)[nH]c2c1. The number of ether oxygens (including phenoxy) is 1. The molecule has 2 aromatic rings. The van der Waals surface area contributed by atoms with Crippen LogP contribution in [0.25, 0.3) is 11.1 Å². The van der Waals surface area contributed by atoms with Gasteiger partial charge in [0, 0.05) is 6.07 Å². The van der Waals surface area contributed by atoms with Crippen molar-refractivity contribution in [3.63, 3.8) is 0 Å². The van der Waals surface area contributed by atoms with Crippen molar-refractivity contribution in [1.29, 1.82) is 0 Å². The molecule has 0 unspecified atom stereocenters. The number of hydrogen-bond donors (Lipinski definition) is 1. The second kappa shape index (κ2) is 3.38. The first-order valence-corrected chi connectivity index (χ1v) is 4.13. The van der Waals surface area contributed by atoms with Crippen molar-refractivity contribution in [2.75, 3.05) is 0 Å². The van der Waals surface area contributed by atoms with E-state index in [9.17, 15) is 8.78 Å². The van der Waals surface area contributed by atoms with Crippen LogP contribution >= 0.6 is 12.2 Å². The molecule has 0 atom stereocenters. The van der Waals surface area contributed by atoms with Crippen LogP contribution in [0.1, 0.15) is 0 Å². The van der Waals surface area contributed by atoms with E-state index >= 15 is 0 Å². The summed E-state index contributed by atoms with van der Waals surface area (Å²) in [5.74, 6) is 0.0690. The van der Waals surface area contributed by atoms with Crippen LogP contribution in [-0.2, 0) is 0 Å². The van der Waals surface area contributed by atoms with Crippen LogP contribution in [0.15, 0.2) is 22.6 Å². The first kappa shape index (κ1) is 9.14. The van der Waals surface area contributed by atoms with E-state index < -0.39 is 6.61 Å². The average Bonchev–Trinajstić information content (AvgIpc) is 2.42. The first-order chi connectivity index (χ1) is 6.65. The monoisotopic (exact) mass is 217 g/mol. The fraction of sp³-hybridized carbons (Fsp3) is 0.125. The number of benzene rings is 1. The molecular formula is C8H5F2NO2S. The van der Waals surface area contributed by atoms with Gasteiger partial charge in [-0.15, -0.1) is 0 Å². The third-order valence-electron chi connectivity index (χ3n) is 1.62. The highest BCUT2D eigenvalue weighted by Crippen LogP contribution is 2.21. The van der Waals surface area contributed by atoms with Crippen LogP contribution in [0.2, 0.25) is 0 Å². The fourth-order valence-corrected chi connectivity index (χ4v) is 1.31. The zero-order chi connectivity index (χ0) is 10.1. The number of hydrogen-bond acceptors (Lipinski definition) is 3. The van der Waals surface area contributed by atoms with Crippen molar-refractivity contribution >= 4 is 23.3 Å². The molecule has 0 aliphatic carbocycles. The summed E-state index contributed by atoms with van der Waals surface area (Å²) in [5, 5.41) is 0. The predicted molar refractivity (Wildman–Crippen MR) is 48.0 cm³/mol. The van der Waals surface area contributed by atoms with Gasteiger partial charge in [0.1, 0.15) is 5.75 Å². The van der Waals surface area contributed by atoms with E-state index in [-0.39, 0.29) is 10.6 Å². The molecule has 1 heterocycles. The number of rotatable bonds is 2. The molecule has 0 spiro atoms. The second-order valence-electron chi connectivity index (χ2n) is 2.55. The van der Waals surface area contributed by atoms with Crippen LogP contribution in [0, 0.1) is 4.84 Å². The predicted octanol–water partition coefficient (Wildman–Crippen LogP) is 3.09. The van der Waals surface area contributed by atoms with Gasteiger partial charge >= 0.3 is 6.61 Å². The molecule has 1 N–H and O–H groups in total. The lowest BCUT2D eigenvalue weighted by atomic mass is 10.3. The van der Waals surface area contributed by atoms with Crippen molar-refractivity contribution < 1.29 is 17.9 Å². The van der Waals surface area contributed by atoms with Gasteiger partial charge < -0.3 is 14.1 Å². The Morgan fingerprint density at radius 2 is 2.21 bits per heavy atom. The van der Waals surface area contributed by atoms with Gasteiger partial charge in [0.2, 0.25) is 0 Å². The van der Waals surface area contributed by atoms with Crippen LogP contribution in [0.3, 0.4) is 0 Å². The van der Waals surface area contributed by atoms with Crippen molar-refractivity contribution in [2.45, 2.75) is 6.61 Å². The lowest BCUT2D eigenvalue weighted by Gasteiger charge is -2.02. The quantitative estimate of drug-likeness (QED) is 0.785. The zero-order valence-corrected chi connectivity index (χ0v) is 7.61. The molecule has 0 fully saturated rings. The summed E-state index contributed by atoms with van der Waals surface area (Å²) >= 11 is 4.73. The topological polar surface area (TPSA) is 38.2 Å². The van der Waals surface area contributed by atoms with Crippen molar-refractivity contribution in [1.82, 2.24) is 4.98 Å². The van der Waals surface area contributed by atoms with Gasteiger partial charge in [-0.1, -0.05) is 0 Å². The average molecular weight is 217 g/mol. The normalized spacial score (nSPS) is 11.1. The van der Waals surface area contributed by atoms with E-state index in [1.807, 2.05) is 0 Å². The maximum atomic E-state index is 11.8. The summed E-state index contributed by atoms with van der Waals surface area (Å²) in [6.07, 6.45) is 0. The molecule has 74 valence electrons. The lowest BCUT2D eigenvalue weighted by Crippen LogP contribution is -2.01. The minimum absolute atomic E-state index is 0.0690. The molecule has 2 rings (SSSR count). The van der Waals surface area contributed by atoms with E-state index in [1.165, 1.54) is 18.2 Å². The number of halogens is 2.